The lowest BCUT2D eigenvalue weighted by Gasteiger charge is -2.15. The Kier molecular flexibility index (Phi) is 3.43. The van der Waals surface area contributed by atoms with Gasteiger partial charge in [0.25, 0.3) is 0 Å². The van der Waals surface area contributed by atoms with Crippen LogP contribution in [0.4, 0.5) is 4.39 Å². The fourth-order valence-electron chi connectivity index (χ4n) is 2.83. The average molecular weight is 290 g/mol. The number of nitrogens with zero attached hydrogens (tertiary/aromatic N) is 2. The highest BCUT2D eigenvalue weighted by molar-refractivity contribution is 5.87. The number of halogens is 1. The fraction of sp³-hybridized carbons (Fsp3) is 0.500. The molecule has 1 fully saturated rings. The number of ether oxygens (including phenoxy) is 1. The van der Waals surface area contributed by atoms with E-state index in [0.29, 0.717) is 12.1 Å². The van der Waals surface area contributed by atoms with Gasteiger partial charge in [-0.05, 0) is 38.3 Å². The van der Waals surface area contributed by atoms with E-state index in [9.17, 15) is 9.18 Å². The molecule has 1 aromatic heterocycles. The van der Waals surface area contributed by atoms with E-state index < -0.39 is 5.41 Å². The second kappa shape index (κ2) is 5.13. The van der Waals surface area contributed by atoms with E-state index in [0.717, 1.165) is 37.1 Å². The topological polar surface area (TPSA) is 44.1 Å². The summed E-state index contributed by atoms with van der Waals surface area (Å²) in [6, 6.07) is 4.59. The van der Waals surface area contributed by atoms with Gasteiger partial charge in [-0.2, -0.15) is 0 Å². The van der Waals surface area contributed by atoms with Crippen LogP contribution >= 0.6 is 0 Å². The predicted molar refractivity (Wildman–Crippen MR) is 77.5 cm³/mol. The van der Waals surface area contributed by atoms with Gasteiger partial charge < -0.3 is 9.30 Å². The average Bonchev–Trinajstić information content (AvgIpc) is 3.19. The number of aryl methyl sites for hydroxylation is 1. The van der Waals surface area contributed by atoms with Crippen LogP contribution in [0.2, 0.25) is 0 Å². The molecule has 3 rings (SSSR count). The van der Waals surface area contributed by atoms with Crippen LogP contribution in [0.5, 0.6) is 0 Å². The maximum absolute atomic E-state index is 13.4. The molecule has 0 radical (unpaired) electrons. The van der Waals surface area contributed by atoms with Gasteiger partial charge >= 0.3 is 5.97 Å². The summed E-state index contributed by atoms with van der Waals surface area (Å²) in [6.07, 6.45) is 2.43. The first-order valence-corrected chi connectivity index (χ1v) is 7.46. The smallest absolute Gasteiger partial charge is 0.319 e. The highest BCUT2D eigenvalue weighted by Crippen LogP contribution is 2.49. The minimum absolute atomic E-state index is 0.210. The van der Waals surface area contributed by atoms with E-state index in [1.165, 1.54) is 12.1 Å². The molecule has 4 nitrogen and oxygen atoms in total. The zero-order valence-corrected chi connectivity index (χ0v) is 12.4. The molecule has 1 aromatic carbocycles. The molecular weight excluding hydrogens is 271 g/mol. The Bertz CT molecular complexity index is 689. The van der Waals surface area contributed by atoms with Gasteiger partial charge in [0.1, 0.15) is 17.1 Å². The SMILES string of the molecule is CCCn1c(C2(C(=O)OCC)CC2)nc2cc(F)ccc21. The van der Waals surface area contributed by atoms with Crippen LogP contribution in [-0.4, -0.2) is 22.1 Å². The van der Waals surface area contributed by atoms with Crippen molar-refractivity contribution in [2.75, 3.05) is 6.61 Å². The second-order valence-electron chi connectivity index (χ2n) is 5.52. The van der Waals surface area contributed by atoms with Crippen molar-refractivity contribution in [3.8, 4) is 0 Å². The maximum Gasteiger partial charge on any atom is 0.319 e. The molecule has 0 bridgehead atoms. The summed E-state index contributed by atoms with van der Waals surface area (Å²) < 4.78 is 20.7. The number of fused-ring (bicyclic) bond motifs is 1. The molecule has 2 aromatic rings. The molecule has 1 aliphatic carbocycles. The number of benzene rings is 1. The van der Waals surface area contributed by atoms with Crippen molar-refractivity contribution in [1.29, 1.82) is 0 Å². The number of hydrogen-bond donors (Lipinski definition) is 0. The Morgan fingerprint density at radius 2 is 2.19 bits per heavy atom. The van der Waals surface area contributed by atoms with Gasteiger partial charge in [0.2, 0.25) is 0 Å². The molecular formula is C16H19FN2O2. The largest absolute Gasteiger partial charge is 0.465 e. The molecule has 112 valence electrons. The number of hydrogen-bond acceptors (Lipinski definition) is 3. The Balaban J connectivity index is 2.13. The van der Waals surface area contributed by atoms with E-state index in [4.69, 9.17) is 4.74 Å². The summed E-state index contributed by atoms with van der Waals surface area (Å²) in [5, 5.41) is 0. The molecule has 1 aliphatic rings. The monoisotopic (exact) mass is 290 g/mol. The third-order valence-electron chi connectivity index (χ3n) is 4.00. The maximum atomic E-state index is 13.4. The van der Waals surface area contributed by atoms with Crippen molar-refractivity contribution < 1.29 is 13.9 Å². The standard InChI is InChI=1S/C16H19FN2O2/c1-3-9-19-13-6-5-11(17)10-12(13)18-14(19)16(7-8-16)15(20)21-4-2/h5-6,10H,3-4,7-9H2,1-2H3. The Morgan fingerprint density at radius 1 is 1.43 bits per heavy atom. The lowest BCUT2D eigenvalue weighted by atomic mass is 10.1. The highest BCUT2D eigenvalue weighted by Gasteiger charge is 2.56. The quantitative estimate of drug-likeness (QED) is 0.794. The van der Waals surface area contributed by atoms with E-state index in [1.807, 2.05) is 4.57 Å². The fourth-order valence-corrected chi connectivity index (χ4v) is 2.83. The molecule has 5 heteroatoms. The molecule has 1 heterocycles. The number of carbonyl (C=O) groups excluding carboxylic acids is 1. The zero-order valence-electron chi connectivity index (χ0n) is 12.4. The summed E-state index contributed by atoms with van der Waals surface area (Å²) in [5.74, 6) is 0.206. The number of aromatic nitrogens is 2. The summed E-state index contributed by atoms with van der Waals surface area (Å²) in [6.45, 7) is 5.00. The number of carbonyl (C=O) groups is 1. The van der Waals surface area contributed by atoms with E-state index in [1.54, 1.807) is 13.0 Å². The molecule has 0 amide bonds. The summed E-state index contributed by atoms with van der Waals surface area (Å²) in [7, 11) is 0. The molecule has 21 heavy (non-hydrogen) atoms. The summed E-state index contributed by atoms with van der Waals surface area (Å²) in [4.78, 5) is 16.8. The predicted octanol–water partition coefficient (Wildman–Crippen LogP) is 3.18. The van der Waals surface area contributed by atoms with Crippen molar-refractivity contribution in [3.63, 3.8) is 0 Å². The van der Waals surface area contributed by atoms with Gasteiger partial charge in [0, 0.05) is 12.6 Å². The number of imidazole rings is 1. The van der Waals surface area contributed by atoms with Crippen LogP contribution in [0.15, 0.2) is 18.2 Å². The van der Waals surface area contributed by atoms with Crippen molar-refractivity contribution in [2.45, 2.75) is 45.1 Å². The number of rotatable bonds is 5. The van der Waals surface area contributed by atoms with E-state index >= 15 is 0 Å². The van der Waals surface area contributed by atoms with Crippen LogP contribution in [0.1, 0.15) is 38.9 Å². The van der Waals surface area contributed by atoms with Crippen LogP contribution in [-0.2, 0) is 21.5 Å². The summed E-state index contributed by atoms with van der Waals surface area (Å²) >= 11 is 0. The first kappa shape index (κ1) is 14.0. The van der Waals surface area contributed by atoms with E-state index in [-0.39, 0.29) is 11.8 Å². The molecule has 1 saturated carbocycles. The third-order valence-corrected chi connectivity index (χ3v) is 4.00. The van der Waals surface area contributed by atoms with Gasteiger partial charge in [-0.25, -0.2) is 9.37 Å². The molecule has 0 saturated heterocycles. The third kappa shape index (κ3) is 2.20. The molecule has 0 unspecified atom stereocenters. The molecule has 0 atom stereocenters. The van der Waals surface area contributed by atoms with Crippen molar-refractivity contribution in [2.24, 2.45) is 0 Å². The highest BCUT2D eigenvalue weighted by atomic mass is 19.1. The molecule has 0 aliphatic heterocycles. The Morgan fingerprint density at radius 3 is 2.81 bits per heavy atom. The molecule has 0 N–H and O–H groups in total. The normalized spacial score (nSPS) is 16.1. The van der Waals surface area contributed by atoms with Crippen LogP contribution in [0.25, 0.3) is 11.0 Å². The Labute approximate surface area is 122 Å². The van der Waals surface area contributed by atoms with Crippen LogP contribution < -0.4 is 0 Å². The van der Waals surface area contributed by atoms with Gasteiger partial charge in [-0.3, -0.25) is 4.79 Å². The van der Waals surface area contributed by atoms with E-state index in [2.05, 4.69) is 11.9 Å². The minimum Gasteiger partial charge on any atom is -0.465 e. The van der Waals surface area contributed by atoms with Gasteiger partial charge in [-0.1, -0.05) is 6.92 Å². The lowest BCUT2D eigenvalue weighted by molar-refractivity contribution is -0.146. The van der Waals surface area contributed by atoms with Crippen molar-refractivity contribution >= 4 is 17.0 Å². The zero-order chi connectivity index (χ0) is 15.0. The summed E-state index contributed by atoms with van der Waals surface area (Å²) in [5.41, 5.74) is 0.860. The first-order chi connectivity index (χ1) is 10.1. The lowest BCUT2D eigenvalue weighted by Crippen LogP contribution is -2.27. The second-order valence-corrected chi connectivity index (χ2v) is 5.52. The molecule has 0 spiro atoms. The van der Waals surface area contributed by atoms with Crippen molar-refractivity contribution in [1.82, 2.24) is 9.55 Å². The van der Waals surface area contributed by atoms with Crippen molar-refractivity contribution in [3.05, 3.63) is 29.8 Å². The minimum atomic E-state index is -0.624. The van der Waals surface area contributed by atoms with Gasteiger partial charge in [0.05, 0.1) is 17.6 Å². The Hall–Kier alpha value is -1.91. The van der Waals surface area contributed by atoms with Gasteiger partial charge in [0.15, 0.2) is 0 Å². The number of esters is 1. The van der Waals surface area contributed by atoms with Crippen LogP contribution in [0.3, 0.4) is 0 Å². The first-order valence-electron chi connectivity index (χ1n) is 7.46. The van der Waals surface area contributed by atoms with Gasteiger partial charge in [-0.15, -0.1) is 0 Å². The van der Waals surface area contributed by atoms with Crippen LogP contribution in [0, 0.1) is 5.82 Å².